The minimum atomic E-state index is -0.0618. The van der Waals surface area contributed by atoms with Crippen molar-refractivity contribution in [1.29, 1.82) is 0 Å². The summed E-state index contributed by atoms with van der Waals surface area (Å²) >= 11 is 0. The van der Waals surface area contributed by atoms with E-state index in [2.05, 4.69) is 17.0 Å². The van der Waals surface area contributed by atoms with Crippen molar-refractivity contribution >= 4 is 5.91 Å². The molecule has 0 N–H and O–H groups in total. The van der Waals surface area contributed by atoms with Gasteiger partial charge in [0.1, 0.15) is 6.33 Å². The molecule has 3 rings (SSSR count). The minimum Gasteiger partial charge on any atom is -0.336 e. The van der Waals surface area contributed by atoms with Gasteiger partial charge in [-0.3, -0.25) is 4.79 Å². The highest BCUT2D eigenvalue weighted by Gasteiger charge is 2.24. The Morgan fingerprint density at radius 1 is 1.29 bits per heavy atom. The lowest BCUT2D eigenvalue weighted by atomic mass is 9.99. The van der Waals surface area contributed by atoms with Gasteiger partial charge in [-0.05, 0) is 43.4 Å². The van der Waals surface area contributed by atoms with Crippen molar-refractivity contribution in [2.75, 3.05) is 13.1 Å². The van der Waals surface area contributed by atoms with E-state index in [0.717, 1.165) is 37.2 Å². The van der Waals surface area contributed by atoms with Crippen LogP contribution < -0.4 is 0 Å². The lowest BCUT2D eigenvalue weighted by molar-refractivity contribution is 0.0685. The average molecular weight is 284 g/mol. The average Bonchev–Trinajstić information content (AvgIpc) is 2.97. The predicted octanol–water partition coefficient (Wildman–Crippen LogP) is 2.45. The molecule has 1 aromatic carbocycles. The second kappa shape index (κ2) is 5.68. The number of aromatic nitrogens is 3. The van der Waals surface area contributed by atoms with Gasteiger partial charge in [0.15, 0.2) is 0 Å². The quantitative estimate of drug-likeness (QED) is 0.851. The van der Waals surface area contributed by atoms with Gasteiger partial charge < -0.3 is 4.90 Å². The molecule has 0 unspecified atom stereocenters. The van der Waals surface area contributed by atoms with Crippen molar-refractivity contribution in [2.24, 2.45) is 5.92 Å². The molecule has 1 aliphatic heterocycles. The first-order valence-electron chi connectivity index (χ1n) is 7.41. The summed E-state index contributed by atoms with van der Waals surface area (Å²) in [5.74, 6) is 0.922. The van der Waals surface area contributed by atoms with Gasteiger partial charge in [-0.2, -0.15) is 0 Å². The molecule has 1 aromatic heterocycles. The maximum Gasteiger partial charge on any atom is 0.293 e. The third-order valence-corrected chi connectivity index (χ3v) is 4.02. The van der Waals surface area contributed by atoms with Crippen molar-refractivity contribution in [3.8, 4) is 5.69 Å². The summed E-state index contributed by atoms with van der Waals surface area (Å²) in [5.41, 5.74) is 2.08. The normalized spacial score (nSPS) is 16.2. The van der Waals surface area contributed by atoms with E-state index in [4.69, 9.17) is 0 Å². The largest absolute Gasteiger partial charge is 0.336 e. The summed E-state index contributed by atoms with van der Waals surface area (Å²) in [6, 6.07) is 7.98. The minimum absolute atomic E-state index is 0.0618. The number of piperidine rings is 1. The maximum atomic E-state index is 12.4. The number of hydrogen-bond donors (Lipinski definition) is 0. The molecule has 1 aliphatic rings. The fraction of sp³-hybridized carbons (Fsp3) is 0.438. The molecule has 110 valence electrons. The highest BCUT2D eigenvalue weighted by molar-refractivity contribution is 5.90. The molecular weight excluding hydrogens is 264 g/mol. The molecule has 1 saturated heterocycles. The summed E-state index contributed by atoms with van der Waals surface area (Å²) in [4.78, 5) is 18.4. The van der Waals surface area contributed by atoms with Crippen molar-refractivity contribution in [1.82, 2.24) is 19.7 Å². The van der Waals surface area contributed by atoms with E-state index in [1.54, 1.807) is 11.0 Å². The van der Waals surface area contributed by atoms with Crippen LogP contribution in [0.5, 0.6) is 0 Å². The van der Waals surface area contributed by atoms with E-state index in [-0.39, 0.29) is 11.7 Å². The van der Waals surface area contributed by atoms with Crippen LogP contribution in [0.3, 0.4) is 0 Å². The summed E-state index contributed by atoms with van der Waals surface area (Å²) in [7, 11) is 0. The topological polar surface area (TPSA) is 51.0 Å². The fourth-order valence-corrected chi connectivity index (χ4v) is 2.61. The molecule has 2 aromatic rings. The molecule has 0 saturated carbocycles. The Morgan fingerprint density at radius 2 is 2.05 bits per heavy atom. The zero-order valence-corrected chi connectivity index (χ0v) is 12.5. The van der Waals surface area contributed by atoms with Crippen LogP contribution in [0.2, 0.25) is 0 Å². The van der Waals surface area contributed by atoms with Crippen LogP contribution in [0.15, 0.2) is 30.6 Å². The number of carbonyl (C=O) groups is 1. The Bertz CT molecular complexity index is 641. The SMILES string of the molecule is Cc1cccc(-n2cnc(C(=O)N3CCC(C)CC3)n2)c1. The Kier molecular flexibility index (Phi) is 3.73. The molecule has 1 amide bonds. The van der Waals surface area contributed by atoms with Gasteiger partial charge in [0.25, 0.3) is 5.91 Å². The van der Waals surface area contributed by atoms with Crippen LogP contribution in [-0.2, 0) is 0 Å². The number of nitrogens with zero attached hydrogens (tertiary/aromatic N) is 4. The summed E-state index contributed by atoms with van der Waals surface area (Å²) in [6.45, 7) is 5.87. The van der Waals surface area contributed by atoms with Gasteiger partial charge >= 0.3 is 0 Å². The lowest BCUT2D eigenvalue weighted by Gasteiger charge is -2.29. The predicted molar refractivity (Wildman–Crippen MR) is 80.4 cm³/mol. The highest BCUT2D eigenvalue weighted by Crippen LogP contribution is 2.17. The van der Waals surface area contributed by atoms with E-state index < -0.39 is 0 Å². The van der Waals surface area contributed by atoms with E-state index in [9.17, 15) is 4.79 Å². The van der Waals surface area contributed by atoms with Crippen molar-refractivity contribution in [3.05, 3.63) is 42.0 Å². The molecule has 0 atom stereocenters. The molecule has 0 radical (unpaired) electrons. The second-order valence-corrected chi connectivity index (χ2v) is 5.83. The number of rotatable bonds is 2. The molecule has 5 nitrogen and oxygen atoms in total. The lowest BCUT2D eigenvalue weighted by Crippen LogP contribution is -2.38. The van der Waals surface area contributed by atoms with Crippen LogP contribution in [-0.4, -0.2) is 38.7 Å². The Morgan fingerprint density at radius 3 is 2.76 bits per heavy atom. The number of hydrogen-bond acceptors (Lipinski definition) is 3. The standard InChI is InChI=1S/C16H20N4O/c1-12-6-8-19(9-7-12)16(21)15-17-11-20(18-15)14-5-3-4-13(2)10-14/h3-5,10-12H,6-9H2,1-2H3. The fourth-order valence-electron chi connectivity index (χ4n) is 2.61. The van der Waals surface area contributed by atoms with E-state index in [1.807, 2.05) is 36.1 Å². The third kappa shape index (κ3) is 2.96. The van der Waals surface area contributed by atoms with Gasteiger partial charge in [-0.1, -0.05) is 19.1 Å². The van der Waals surface area contributed by atoms with E-state index in [1.165, 1.54) is 0 Å². The van der Waals surface area contributed by atoms with Gasteiger partial charge in [0, 0.05) is 13.1 Å². The van der Waals surface area contributed by atoms with Gasteiger partial charge in [0.2, 0.25) is 5.82 Å². The second-order valence-electron chi connectivity index (χ2n) is 5.83. The number of likely N-dealkylation sites (tertiary alicyclic amines) is 1. The molecule has 0 bridgehead atoms. The summed E-state index contributed by atoms with van der Waals surface area (Å²) in [6.07, 6.45) is 3.73. The van der Waals surface area contributed by atoms with Crippen LogP contribution in [0.25, 0.3) is 5.69 Å². The zero-order chi connectivity index (χ0) is 14.8. The van der Waals surface area contributed by atoms with E-state index >= 15 is 0 Å². The highest BCUT2D eigenvalue weighted by atomic mass is 16.2. The molecular formula is C16H20N4O. The third-order valence-electron chi connectivity index (χ3n) is 4.02. The summed E-state index contributed by atoms with van der Waals surface area (Å²) in [5, 5.41) is 4.33. The van der Waals surface area contributed by atoms with Crippen LogP contribution in [0, 0.1) is 12.8 Å². The molecule has 1 fully saturated rings. The molecule has 2 heterocycles. The number of carbonyl (C=O) groups excluding carboxylic acids is 1. The molecule has 0 aliphatic carbocycles. The first-order chi connectivity index (χ1) is 10.1. The zero-order valence-electron chi connectivity index (χ0n) is 12.5. The molecule has 21 heavy (non-hydrogen) atoms. The molecule has 0 spiro atoms. The number of benzene rings is 1. The van der Waals surface area contributed by atoms with Crippen molar-refractivity contribution < 1.29 is 4.79 Å². The van der Waals surface area contributed by atoms with Gasteiger partial charge in [0.05, 0.1) is 5.69 Å². The number of aryl methyl sites for hydroxylation is 1. The Balaban J connectivity index is 1.77. The molecule has 5 heteroatoms. The number of amides is 1. The first kappa shape index (κ1) is 13.8. The smallest absolute Gasteiger partial charge is 0.293 e. The van der Waals surface area contributed by atoms with Crippen LogP contribution in [0.4, 0.5) is 0 Å². The first-order valence-corrected chi connectivity index (χ1v) is 7.41. The summed E-state index contributed by atoms with van der Waals surface area (Å²) < 4.78 is 1.66. The van der Waals surface area contributed by atoms with Crippen molar-refractivity contribution in [3.63, 3.8) is 0 Å². The van der Waals surface area contributed by atoms with Gasteiger partial charge in [-0.15, -0.1) is 5.10 Å². The van der Waals surface area contributed by atoms with Crippen LogP contribution >= 0.6 is 0 Å². The Hall–Kier alpha value is -2.17. The Labute approximate surface area is 124 Å². The van der Waals surface area contributed by atoms with Crippen molar-refractivity contribution in [2.45, 2.75) is 26.7 Å². The maximum absolute atomic E-state index is 12.4. The van der Waals surface area contributed by atoms with Crippen LogP contribution in [0.1, 0.15) is 35.9 Å². The monoisotopic (exact) mass is 284 g/mol. The van der Waals surface area contributed by atoms with E-state index in [0.29, 0.717) is 5.92 Å². The van der Waals surface area contributed by atoms with Gasteiger partial charge in [-0.25, -0.2) is 9.67 Å².